The van der Waals surface area contributed by atoms with E-state index in [4.69, 9.17) is 0 Å². The van der Waals surface area contributed by atoms with Gasteiger partial charge in [0, 0.05) is 17.1 Å². The van der Waals surface area contributed by atoms with Crippen LogP contribution in [0.3, 0.4) is 0 Å². The second-order valence-corrected chi connectivity index (χ2v) is 6.10. The first kappa shape index (κ1) is 14.3. The quantitative estimate of drug-likeness (QED) is 0.890. The van der Waals surface area contributed by atoms with E-state index in [1.165, 1.54) is 0 Å². The molecule has 2 N–H and O–H groups in total. The van der Waals surface area contributed by atoms with Gasteiger partial charge in [0.2, 0.25) is 5.91 Å². The normalized spacial score (nSPS) is 17.9. The van der Waals surface area contributed by atoms with Crippen LogP contribution in [0.4, 0.5) is 5.82 Å². The molecule has 3 rings (SSSR count). The number of nitrogens with zero attached hydrogens (tertiary/aromatic N) is 2. The Hall–Kier alpha value is -1.66. The minimum atomic E-state index is 0.0548. The molecule has 1 aliphatic rings. The summed E-state index contributed by atoms with van der Waals surface area (Å²) < 4.78 is 2.84. The number of amides is 1. The number of hydrogen-bond donors (Lipinski definition) is 2. The summed E-state index contributed by atoms with van der Waals surface area (Å²) in [6.45, 7) is 2.30. The van der Waals surface area contributed by atoms with E-state index in [9.17, 15) is 4.79 Å². The summed E-state index contributed by atoms with van der Waals surface area (Å²) in [4.78, 5) is 12.2. The SMILES string of the molecule is O=C(Nc1ccnn1Cc1cccc(Br)c1)C1CCNC1. The molecule has 0 aliphatic carbocycles. The molecule has 21 heavy (non-hydrogen) atoms. The zero-order chi connectivity index (χ0) is 14.7. The van der Waals surface area contributed by atoms with E-state index >= 15 is 0 Å². The van der Waals surface area contributed by atoms with E-state index in [0.717, 1.165) is 35.4 Å². The molecule has 0 bridgehead atoms. The molecule has 5 nitrogen and oxygen atoms in total. The van der Waals surface area contributed by atoms with Gasteiger partial charge >= 0.3 is 0 Å². The van der Waals surface area contributed by atoms with Crippen molar-refractivity contribution in [2.24, 2.45) is 5.92 Å². The van der Waals surface area contributed by atoms with E-state index in [1.807, 2.05) is 35.0 Å². The lowest BCUT2D eigenvalue weighted by molar-refractivity contribution is -0.119. The highest BCUT2D eigenvalue weighted by Crippen LogP contribution is 2.16. The van der Waals surface area contributed by atoms with Gasteiger partial charge in [0.1, 0.15) is 5.82 Å². The van der Waals surface area contributed by atoms with Crippen molar-refractivity contribution >= 4 is 27.7 Å². The van der Waals surface area contributed by atoms with Gasteiger partial charge in [0.25, 0.3) is 0 Å². The Balaban J connectivity index is 1.70. The topological polar surface area (TPSA) is 59.0 Å². The number of benzene rings is 1. The predicted octanol–water partition coefficient (Wildman–Crippen LogP) is 2.24. The van der Waals surface area contributed by atoms with Gasteiger partial charge < -0.3 is 10.6 Å². The fourth-order valence-electron chi connectivity index (χ4n) is 2.48. The predicted molar refractivity (Wildman–Crippen MR) is 85.1 cm³/mol. The second kappa shape index (κ2) is 6.41. The van der Waals surface area contributed by atoms with Crippen LogP contribution in [-0.2, 0) is 11.3 Å². The molecular formula is C15H17BrN4O. The molecule has 2 heterocycles. The number of hydrogen-bond acceptors (Lipinski definition) is 3. The summed E-state index contributed by atoms with van der Waals surface area (Å²) >= 11 is 3.46. The highest BCUT2D eigenvalue weighted by atomic mass is 79.9. The first-order valence-corrected chi connectivity index (χ1v) is 7.79. The van der Waals surface area contributed by atoms with Gasteiger partial charge in [-0.05, 0) is 30.7 Å². The van der Waals surface area contributed by atoms with Crippen molar-refractivity contribution in [3.05, 3.63) is 46.6 Å². The summed E-state index contributed by atoms with van der Waals surface area (Å²) in [6.07, 6.45) is 2.60. The van der Waals surface area contributed by atoms with Gasteiger partial charge in [-0.3, -0.25) is 4.79 Å². The van der Waals surface area contributed by atoms with Crippen molar-refractivity contribution in [1.29, 1.82) is 0 Å². The number of carbonyl (C=O) groups excluding carboxylic acids is 1. The second-order valence-electron chi connectivity index (χ2n) is 5.18. The molecular weight excluding hydrogens is 332 g/mol. The highest BCUT2D eigenvalue weighted by Gasteiger charge is 2.23. The van der Waals surface area contributed by atoms with Gasteiger partial charge in [-0.2, -0.15) is 5.10 Å². The van der Waals surface area contributed by atoms with Crippen LogP contribution in [0.1, 0.15) is 12.0 Å². The van der Waals surface area contributed by atoms with Crippen LogP contribution in [0.5, 0.6) is 0 Å². The maximum Gasteiger partial charge on any atom is 0.229 e. The number of anilines is 1. The Kier molecular flexibility index (Phi) is 4.36. The van der Waals surface area contributed by atoms with Gasteiger partial charge in [0.15, 0.2) is 0 Å². The number of halogens is 1. The molecule has 1 aromatic carbocycles. The summed E-state index contributed by atoms with van der Waals surface area (Å²) in [5.41, 5.74) is 1.13. The Morgan fingerprint density at radius 2 is 2.38 bits per heavy atom. The molecule has 1 atom stereocenters. The minimum Gasteiger partial charge on any atom is -0.316 e. The average molecular weight is 349 g/mol. The van der Waals surface area contributed by atoms with Crippen molar-refractivity contribution in [2.45, 2.75) is 13.0 Å². The van der Waals surface area contributed by atoms with E-state index < -0.39 is 0 Å². The van der Waals surface area contributed by atoms with Crippen LogP contribution in [0.2, 0.25) is 0 Å². The monoisotopic (exact) mass is 348 g/mol. The first-order valence-electron chi connectivity index (χ1n) is 7.00. The van der Waals surface area contributed by atoms with E-state index in [-0.39, 0.29) is 11.8 Å². The lowest BCUT2D eigenvalue weighted by atomic mass is 10.1. The lowest BCUT2D eigenvalue weighted by Crippen LogP contribution is -2.26. The van der Waals surface area contributed by atoms with Gasteiger partial charge in [-0.1, -0.05) is 28.1 Å². The van der Waals surface area contributed by atoms with Gasteiger partial charge in [0.05, 0.1) is 18.7 Å². The standard InChI is InChI=1S/C15H17BrN4O/c16-13-3-1-2-11(8-13)10-20-14(5-7-18-20)19-15(21)12-4-6-17-9-12/h1-3,5,7-8,12,17H,4,6,9-10H2,(H,19,21). The van der Waals surface area contributed by atoms with Crippen molar-refractivity contribution in [3.8, 4) is 0 Å². The molecule has 1 unspecified atom stereocenters. The molecule has 1 amide bonds. The van der Waals surface area contributed by atoms with Crippen LogP contribution in [0.15, 0.2) is 41.0 Å². The number of carbonyl (C=O) groups is 1. The maximum atomic E-state index is 12.2. The van der Waals surface area contributed by atoms with E-state index in [2.05, 4.69) is 31.7 Å². The van der Waals surface area contributed by atoms with Crippen LogP contribution in [-0.4, -0.2) is 28.8 Å². The Bertz CT molecular complexity index is 634. The fourth-order valence-corrected chi connectivity index (χ4v) is 2.93. The summed E-state index contributed by atoms with van der Waals surface area (Å²) in [5, 5.41) is 10.5. The summed E-state index contributed by atoms with van der Waals surface area (Å²) in [7, 11) is 0. The molecule has 6 heteroatoms. The third-order valence-corrected chi connectivity index (χ3v) is 4.11. The Morgan fingerprint density at radius 1 is 1.48 bits per heavy atom. The van der Waals surface area contributed by atoms with Crippen molar-refractivity contribution in [1.82, 2.24) is 15.1 Å². The molecule has 2 aromatic rings. The molecule has 0 radical (unpaired) electrons. The smallest absolute Gasteiger partial charge is 0.229 e. The third-order valence-electron chi connectivity index (χ3n) is 3.62. The molecule has 0 spiro atoms. The van der Waals surface area contributed by atoms with Crippen LogP contribution < -0.4 is 10.6 Å². The lowest BCUT2D eigenvalue weighted by Gasteiger charge is -2.12. The molecule has 110 valence electrons. The average Bonchev–Trinajstić information content (AvgIpc) is 3.11. The van der Waals surface area contributed by atoms with E-state index in [0.29, 0.717) is 6.54 Å². The minimum absolute atomic E-state index is 0.0548. The largest absolute Gasteiger partial charge is 0.316 e. The molecule has 1 saturated heterocycles. The van der Waals surface area contributed by atoms with Crippen molar-refractivity contribution < 1.29 is 4.79 Å². The molecule has 0 saturated carbocycles. The zero-order valence-corrected chi connectivity index (χ0v) is 13.1. The van der Waals surface area contributed by atoms with E-state index in [1.54, 1.807) is 6.20 Å². The van der Waals surface area contributed by atoms with Crippen LogP contribution >= 0.6 is 15.9 Å². The number of rotatable bonds is 4. The Morgan fingerprint density at radius 3 is 3.14 bits per heavy atom. The number of nitrogens with one attached hydrogen (secondary N) is 2. The summed E-state index contributed by atoms with van der Waals surface area (Å²) in [6, 6.07) is 9.90. The Labute approximate surface area is 131 Å². The fraction of sp³-hybridized carbons (Fsp3) is 0.333. The van der Waals surface area contributed by atoms with Crippen molar-refractivity contribution in [2.75, 3.05) is 18.4 Å². The van der Waals surface area contributed by atoms with Crippen molar-refractivity contribution in [3.63, 3.8) is 0 Å². The van der Waals surface area contributed by atoms with Gasteiger partial charge in [-0.25, -0.2) is 4.68 Å². The zero-order valence-electron chi connectivity index (χ0n) is 11.6. The van der Waals surface area contributed by atoms with Gasteiger partial charge in [-0.15, -0.1) is 0 Å². The first-order chi connectivity index (χ1) is 10.2. The van der Waals surface area contributed by atoms with Crippen LogP contribution in [0, 0.1) is 5.92 Å². The number of aromatic nitrogens is 2. The summed E-state index contributed by atoms with van der Waals surface area (Å²) in [5.74, 6) is 0.863. The molecule has 1 aliphatic heterocycles. The van der Waals surface area contributed by atoms with Crippen LogP contribution in [0.25, 0.3) is 0 Å². The maximum absolute atomic E-state index is 12.2. The molecule has 1 aromatic heterocycles. The molecule has 1 fully saturated rings. The highest BCUT2D eigenvalue weighted by molar-refractivity contribution is 9.10. The third kappa shape index (κ3) is 3.51.